The predicted molar refractivity (Wildman–Crippen MR) is 131 cm³/mol. The SMILES string of the molecule is Cc1nc(Nc2cc(NC(=O)Nc3ccc(Cl)c(C(F)(F)F)c3)ccc2C)nc(N2CCOCC2)n1. The highest BCUT2D eigenvalue weighted by molar-refractivity contribution is 6.31. The highest BCUT2D eigenvalue weighted by Crippen LogP contribution is 2.36. The van der Waals surface area contributed by atoms with Crippen molar-refractivity contribution in [1.82, 2.24) is 15.0 Å². The van der Waals surface area contributed by atoms with Crippen LogP contribution in [0.4, 0.5) is 46.9 Å². The van der Waals surface area contributed by atoms with Gasteiger partial charge in [0.2, 0.25) is 11.9 Å². The maximum absolute atomic E-state index is 13.1. The minimum absolute atomic E-state index is 0.0500. The second kappa shape index (κ2) is 10.5. The Balaban J connectivity index is 1.47. The Labute approximate surface area is 210 Å². The molecular formula is C23H23ClF3N7O2. The number of alkyl halides is 3. The Morgan fingerprint density at radius 1 is 1.00 bits per heavy atom. The van der Waals surface area contributed by atoms with E-state index in [-0.39, 0.29) is 5.69 Å². The lowest BCUT2D eigenvalue weighted by atomic mass is 10.2. The number of rotatable bonds is 5. The molecule has 3 N–H and O–H groups in total. The number of aryl methyl sites for hydroxylation is 2. The third-order valence-electron chi connectivity index (χ3n) is 5.30. The van der Waals surface area contributed by atoms with Crippen LogP contribution in [0.2, 0.25) is 5.02 Å². The number of carbonyl (C=O) groups excluding carboxylic acids is 1. The Hall–Kier alpha value is -3.64. The fourth-order valence-electron chi connectivity index (χ4n) is 3.50. The summed E-state index contributed by atoms with van der Waals surface area (Å²) in [6.45, 7) is 6.18. The molecule has 0 atom stereocenters. The zero-order valence-electron chi connectivity index (χ0n) is 19.4. The van der Waals surface area contributed by atoms with E-state index in [1.807, 2.05) is 11.8 Å². The molecule has 36 heavy (non-hydrogen) atoms. The van der Waals surface area contributed by atoms with E-state index in [9.17, 15) is 18.0 Å². The Morgan fingerprint density at radius 2 is 1.67 bits per heavy atom. The number of hydrogen-bond donors (Lipinski definition) is 3. The summed E-state index contributed by atoms with van der Waals surface area (Å²) < 4.78 is 44.6. The fourth-order valence-corrected chi connectivity index (χ4v) is 3.72. The lowest BCUT2D eigenvalue weighted by Crippen LogP contribution is -2.37. The number of nitrogens with zero attached hydrogens (tertiary/aromatic N) is 4. The van der Waals surface area contributed by atoms with Gasteiger partial charge in [0, 0.05) is 30.2 Å². The molecule has 1 aromatic heterocycles. The Bertz CT molecular complexity index is 1270. The number of nitrogens with one attached hydrogen (secondary N) is 3. The molecule has 2 heterocycles. The maximum atomic E-state index is 13.1. The van der Waals surface area contributed by atoms with Crippen molar-refractivity contribution in [2.45, 2.75) is 20.0 Å². The molecule has 9 nitrogen and oxygen atoms in total. The lowest BCUT2D eigenvalue weighted by molar-refractivity contribution is -0.137. The summed E-state index contributed by atoms with van der Waals surface area (Å²) in [4.78, 5) is 27.7. The second-order valence-electron chi connectivity index (χ2n) is 8.03. The minimum atomic E-state index is -4.64. The van der Waals surface area contributed by atoms with Crippen LogP contribution in [-0.4, -0.2) is 47.3 Å². The van der Waals surface area contributed by atoms with Crippen LogP contribution in [0.3, 0.4) is 0 Å². The van der Waals surface area contributed by atoms with Crippen LogP contribution in [0.5, 0.6) is 0 Å². The first-order valence-electron chi connectivity index (χ1n) is 11.0. The van der Waals surface area contributed by atoms with Crippen LogP contribution in [0.15, 0.2) is 36.4 Å². The quantitative estimate of drug-likeness (QED) is 0.414. The van der Waals surface area contributed by atoms with Crippen molar-refractivity contribution in [3.8, 4) is 0 Å². The third kappa shape index (κ3) is 6.32. The summed E-state index contributed by atoms with van der Waals surface area (Å²) in [6, 6.07) is 7.54. The summed E-state index contributed by atoms with van der Waals surface area (Å²) in [5.74, 6) is 1.43. The molecule has 0 unspecified atom stereocenters. The van der Waals surface area contributed by atoms with Gasteiger partial charge in [0.1, 0.15) is 5.82 Å². The van der Waals surface area contributed by atoms with Gasteiger partial charge in [-0.1, -0.05) is 17.7 Å². The number of amides is 2. The number of halogens is 4. The number of morpholine rings is 1. The summed E-state index contributed by atoms with van der Waals surface area (Å²) >= 11 is 5.63. The zero-order chi connectivity index (χ0) is 25.9. The number of ether oxygens (including phenoxy) is 1. The number of aromatic nitrogens is 3. The molecule has 0 bridgehead atoms. The molecule has 0 radical (unpaired) electrons. The molecule has 0 aliphatic carbocycles. The van der Waals surface area contributed by atoms with Gasteiger partial charge in [0.15, 0.2) is 0 Å². The van der Waals surface area contributed by atoms with Gasteiger partial charge in [0.05, 0.1) is 23.8 Å². The van der Waals surface area contributed by atoms with Gasteiger partial charge in [0.25, 0.3) is 0 Å². The van der Waals surface area contributed by atoms with Gasteiger partial charge in [-0.15, -0.1) is 0 Å². The lowest BCUT2D eigenvalue weighted by Gasteiger charge is -2.27. The van der Waals surface area contributed by atoms with Crippen molar-refractivity contribution in [2.24, 2.45) is 0 Å². The van der Waals surface area contributed by atoms with Crippen LogP contribution in [0, 0.1) is 13.8 Å². The van der Waals surface area contributed by atoms with Crippen molar-refractivity contribution >= 4 is 46.6 Å². The second-order valence-corrected chi connectivity index (χ2v) is 8.44. The van der Waals surface area contributed by atoms with E-state index in [1.165, 1.54) is 6.07 Å². The summed E-state index contributed by atoms with van der Waals surface area (Å²) in [5, 5.41) is 7.70. The third-order valence-corrected chi connectivity index (χ3v) is 5.63. The number of urea groups is 1. The smallest absolute Gasteiger partial charge is 0.378 e. The van der Waals surface area contributed by atoms with Crippen molar-refractivity contribution in [3.63, 3.8) is 0 Å². The summed E-state index contributed by atoms with van der Waals surface area (Å²) in [7, 11) is 0. The predicted octanol–water partition coefficient (Wildman–Crippen LogP) is 5.38. The van der Waals surface area contributed by atoms with E-state index in [1.54, 1.807) is 25.1 Å². The highest BCUT2D eigenvalue weighted by Gasteiger charge is 2.33. The van der Waals surface area contributed by atoms with Crippen molar-refractivity contribution in [1.29, 1.82) is 0 Å². The van der Waals surface area contributed by atoms with E-state index < -0.39 is 22.8 Å². The van der Waals surface area contributed by atoms with Gasteiger partial charge in [-0.05, 0) is 49.7 Å². The number of hydrogen-bond acceptors (Lipinski definition) is 7. The van der Waals surface area contributed by atoms with Crippen molar-refractivity contribution in [2.75, 3.05) is 47.2 Å². The number of carbonyl (C=O) groups is 1. The molecule has 1 saturated heterocycles. The monoisotopic (exact) mass is 521 g/mol. The van der Waals surface area contributed by atoms with Crippen LogP contribution in [-0.2, 0) is 10.9 Å². The van der Waals surface area contributed by atoms with Crippen LogP contribution >= 0.6 is 11.6 Å². The van der Waals surface area contributed by atoms with E-state index in [4.69, 9.17) is 16.3 Å². The van der Waals surface area contributed by atoms with Crippen LogP contribution < -0.4 is 20.9 Å². The van der Waals surface area contributed by atoms with Gasteiger partial charge in [-0.3, -0.25) is 0 Å². The summed E-state index contributed by atoms with van der Waals surface area (Å²) in [6.07, 6.45) is -4.64. The largest absolute Gasteiger partial charge is 0.417 e. The average Bonchev–Trinajstić information content (AvgIpc) is 2.82. The molecular weight excluding hydrogens is 499 g/mol. The molecule has 2 aromatic carbocycles. The van der Waals surface area contributed by atoms with Gasteiger partial charge in [-0.2, -0.15) is 28.1 Å². The molecule has 0 spiro atoms. The number of anilines is 5. The van der Waals surface area contributed by atoms with Crippen LogP contribution in [0.25, 0.3) is 0 Å². The fraction of sp³-hybridized carbons (Fsp3) is 0.304. The Morgan fingerprint density at radius 3 is 2.36 bits per heavy atom. The van der Waals surface area contributed by atoms with E-state index in [2.05, 4.69) is 30.9 Å². The van der Waals surface area contributed by atoms with Crippen molar-refractivity contribution in [3.05, 3.63) is 58.4 Å². The highest BCUT2D eigenvalue weighted by atomic mass is 35.5. The molecule has 190 valence electrons. The molecule has 4 rings (SSSR count). The topological polar surface area (TPSA) is 104 Å². The molecule has 1 aliphatic heterocycles. The van der Waals surface area contributed by atoms with Crippen molar-refractivity contribution < 1.29 is 22.7 Å². The molecule has 3 aromatic rings. The molecule has 13 heteroatoms. The first kappa shape index (κ1) is 25.5. The zero-order valence-corrected chi connectivity index (χ0v) is 20.2. The average molecular weight is 522 g/mol. The summed E-state index contributed by atoms with van der Waals surface area (Å²) in [5.41, 5.74) is 0.820. The molecule has 1 fully saturated rings. The normalized spacial score (nSPS) is 13.9. The van der Waals surface area contributed by atoms with Gasteiger partial charge >= 0.3 is 12.2 Å². The first-order valence-corrected chi connectivity index (χ1v) is 11.3. The van der Waals surface area contributed by atoms with E-state index in [0.717, 1.165) is 17.7 Å². The van der Waals surface area contributed by atoms with Gasteiger partial charge < -0.3 is 25.6 Å². The van der Waals surface area contributed by atoms with E-state index in [0.29, 0.717) is 55.4 Å². The standard InChI is InChI=1S/C23H23ClF3N7O2/c1-13-3-4-16(31-22(35)30-15-5-6-18(24)17(11-15)23(25,26)27)12-19(13)32-20-28-14(2)29-21(33-20)34-7-9-36-10-8-34/h3-6,11-12H,7-10H2,1-2H3,(H2,30,31,35)(H,28,29,32,33). The molecule has 1 aliphatic rings. The van der Waals surface area contributed by atoms with Gasteiger partial charge in [-0.25, -0.2) is 4.79 Å². The molecule has 2 amide bonds. The Kier molecular flexibility index (Phi) is 7.45. The van der Waals surface area contributed by atoms with Crippen LogP contribution in [0.1, 0.15) is 17.0 Å². The number of benzene rings is 2. The first-order chi connectivity index (χ1) is 17.1. The van der Waals surface area contributed by atoms with E-state index >= 15 is 0 Å². The molecule has 0 saturated carbocycles. The maximum Gasteiger partial charge on any atom is 0.417 e. The minimum Gasteiger partial charge on any atom is -0.378 e.